The maximum atomic E-state index is 13.1. The van der Waals surface area contributed by atoms with E-state index in [1.807, 2.05) is 17.0 Å². The monoisotopic (exact) mass is 341 g/mol. The van der Waals surface area contributed by atoms with Crippen molar-refractivity contribution in [2.45, 2.75) is 17.2 Å². The van der Waals surface area contributed by atoms with Gasteiger partial charge in [-0.1, -0.05) is 12.1 Å². The Bertz CT molecular complexity index is 866. The lowest BCUT2D eigenvalue weighted by atomic mass is 9.91. The number of anilines is 1. The molecular weight excluding hydrogens is 326 g/mol. The number of phenolic OH excluding ortho intramolecular Hbond substituents is 1. The van der Waals surface area contributed by atoms with Gasteiger partial charge >= 0.3 is 0 Å². The normalized spacial score (nSPS) is 20.9. The van der Waals surface area contributed by atoms with Crippen LogP contribution in [-0.4, -0.2) is 30.1 Å². The van der Waals surface area contributed by atoms with E-state index in [9.17, 15) is 9.90 Å². The third kappa shape index (κ3) is 1.86. The maximum Gasteiger partial charge on any atom is 0.239 e. The van der Waals surface area contributed by atoms with Gasteiger partial charge in [-0.3, -0.25) is 4.79 Å². The number of benzene rings is 2. The topological polar surface area (TPSA) is 59.0 Å². The molecule has 3 aliphatic rings. The van der Waals surface area contributed by atoms with Crippen molar-refractivity contribution >= 4 is 23.4 Å². The molecule has 1 atom stereocenters. The van der Waals surface area contributed by atoms with Gasteiger partial charge in [0.2, 0.25) is 12.7 Å². The highest BCUT2D eigenvalue weighted by Gasteiger charge is 2.42. The summed E-state index contributed by atoms with van der Waals surface area (Å²) in [5, 5.41) is 10.5. The van der Waals surface area contributed by atoms with Gasteiger partial charge in [0.25, 0.3) is 0 Å². The Kier molecular flexibility index (Phi) is 2.97. The summed E-state index contributed by atoms with van der Waals surface area (Å²) in [6, 6.07) is 9.31. The average molecular weight is 341 g/mol. The molecule has 0 bridgehead atoms. The number of hydrogen-bond acceptors (Lipinski definition) is 5. The van der Waals surface area contributed by atoms with E-state index >= 15 is 0 Å². The number of ether oxygens (including phenoxy) is 2. The Morgan fingerprint density at radius 2 is 2.00 bits per heavy atom. The molecule has 0 aromatic heterocycles. The number of amides is 1. The van der Waals surface area contributed by atoms with Crippen molar-refractivity contribution < 1.29 is 19.4 Å². The Morgan fingerprint density at radius 3 is 2.88 bits per heavy atom. The van der Waals surface area contributed by atoms with Crippen molar-refractivity contribution in [1.29, 1.82) is 0 Å². The van der Waals surface area contributed by atoms with Crippen LogP contribution in [-0.2, 0) is 4.79 Å². The maximum absolute atomic E-state index is 13.1. The van der Waals surface area contributed by atoms with Crippen molar-refractivity contribution in [1.82, 2.24) is 0 Å². The quantitative estimate of drug-likeness (QED) is 0.864. The van der Waals surface area contributed by atoms with E-state index in [4.69, 9.17) is 9.47 Å². The summed E-state index contributed by atoms with van der Waals surface area (Å²) in [5.74, 6) is 1.71. The Hall–Kier alpha value is -2.34. The summed E-state index contributed by atoms with van der Waals surface area (Å²) >= 11 is 1.79. The second kappa shape index (κ2) is 5.08. The molecule has 2 aromatic carbocycles. The van der Waals surface area contributed by atoms with Crippen LogP contribution in [0.15, 0.2) is 35.2 Å². The van der Waals surface area contributed by atoms with Gasteiger partial charge < -0.3 is 19.5 Å². The molecule has 0 spiro atoms. The van der Waals surface area contributed by atoms with Crippen LogP contribution in [0.3, 0.4) is 0 Å². The predicted octanol–water partition coefficient (Wildman–Crippen LogP) is 3.10. The van der Waals surface area contributed by atoms with Crippen LogP contribution in [0.4, 0.5) is 5.69 Å². The first kappa shape index (κ1) is 14.0. The van der Waals surface area contributed by atoms with Gasteiger partial charge in [0.15, 0.2) is 11.5 Å². The van der Waals surface area contributed by atoms with Crippen molar-refractivity contribution in [2.75, 3.05) is 24.0 Å². The third-order valence-corrected chi connectivity index (χ3v) is 5.87. The van der Waals surface area contributed by atoms with Crippen LogP contribution in [0, 0.1) is 0 Å². The van der Waals surface area contributed by atoms with E-state index in [0.717, 1.165) is 34.9 Å². The molecule has 6 heteroatoms. The van der Waals surface area contributed by atoms with Crippen LogP contribution in [0.25, 0.3) is 0 Å². The first-order valence-corrected chi connectivity index (χ1v) is 8.92. The zero-order valence-electron chi connectivity index (χ0n) is 12.8. The molecule has 5 rings (SSSR count). The molecule has 3 heterocycles. The third-order valence-electron chi connectivity index (χ3n) is 4.74. The predicted molar refractivity (Wildman–Crippen MR) is 90.2 cm³/mol. The fourth-order valence-electron chi connectivity index (χ4n) is 3.68. The highest BCUT2D eigenvalue weighted by atomic mass is 32.2. The molecule has 1 unspecified atom stereocenters. The largest absolute Gasteiger partial charge is 0.507 e. The van der Waals surface area contributed by atoms with Crippen LogP contribution in [0.1, 0.15) is 23.5 Å². The second-order valence-corrected chi connectivity index (χ2v) is 7.22. The van der Waals surface area contributed by atoms with Crippen LogP contribution >= 0.6 is 11.8 Å². The molecular formula is C18H15NO4S. The number of carbonyl (C=O) groups is 1. The standard InChI is InChI=1S/C18H15NO4S/c20-12-8-14-13(22-9-23-14)7-11(12)16-10-3-1-4-15-17(10)19(18(16)21)5-2-6-24-15/h1,3-4,7-8,16,20H,2,5-6,9H2. The van der Waals surface area contributed by atoms with Gasteiger partial charge in [-0.2, -0.15) is 0 Å². The molecule has 1 N–H and O–H groups in total. The smallest absolute Gasteiger partial charge is 0.239 e. The van der Waals surface area contributed by atoms with Crippen LogP contribution in [0.5, 0.6) is 17.2 Å². The summed E-state index contributed by atoms with van der Waals surface area (Å²) in [7, 11) is 0. The lowest BCUT2D eigenvalue weighted by molar-refractivity contribution is -0.118. The van der Waals surface area contributed by atoms with Gasteiger partial charge in [0, 0.05) is 23.1 Å². The Labute approximate surface area is 143 Å². The van der Waals surface area contributed by atoms with Gasteiger partial charge in [-0.15, -0.1) is 11.8 Å². The Morgan fingerprint density at radius 1 is 1.17 bits per heavy atom. The average Bonchev–Trinajstić information content (AvgIpc) is 3.04. The number of hydrogen-bond donors (Lipinski definition) is 1. The first-order valence-electron chi connectivity index (χ1n) is 7.93. The first-order chi connectivity index (χ1) is 11.7. The highest BCUT2D eigenvalue weighted by molar-refractivity contribution is 7.99. The second-order valence-electron chi connectivity index (χ2n) is 6.08. The number of para-hydroxylation sites is 1. The number of carbonyl (C=O) groups excluding carboxylic acids is 1. The molecule has 3 aliphatic heterocycles. The lowest BCUT2D eigenvalue weighted by Gasteiger charge is -2.17. The minimum absolute atomic E-state index is 0.0223. The number of thioether (sulfide) groups is 1. The number of fused-ring (bicyclic) bond motifs is 1. The van der Waals surface area contributed by atoms with Gasteiger partial charge in [-0.05, 0) is 29.9 Å². The highest BCUT2D eigenvalue weighted by Crippen LogP contribution is 2.51. The molecule has 122 valence electrons. The minimum atomic E-state index is -0.492. The SMILES string of the molecule is O=C1C(c2cc3c(cc2O)OCO3)c2cccc3c2N1CCCS3. The van der Waals surface area contributed by atoms with Crippen molar-refractivity contribution in [3.63, 3.8) is 0 Å². The van der Waals surface area contributed by atoms with E-state index in [0.29, 0.717) is 17.1 Å². The molecule has 24 heavy (non-hydrogen) atoms. The Balaban J connectivity index is 1.70. The number of nitrogens with zero attached hydrogens (tertiary/aromatic N) is 1. The van der Waals surface area contributed by atoms with Gasteiger partial charge in [-0.25, -0.2) is 0 Å². The molecule has 0 radical (unpaired) electrons. The van der Waals surface area contributed by atoms with E-state index in [2.05, 4.69) is 6.07 Å². The number of phenols is 1. The molecule has 2 aromatic rings. The van der Waals surface area contributed by atoms with E-state index in [1.165, 1.54) is 6.07 Å². The summed E-state index contributed by atoms with van der Waals surface area (Å²) in [5.41, 5.74) is 2.55. The van der Waals surface area contributed by atoms with E-state index in [-0.39, 0.29) is 18.4 Å². The summed E-state index contributed by atoms with van der Waals surface area (Å²) < 4.78 is 10.7. The van der Waals surface area contributed by atoms with Crippen LogP contribution < -0.4 is 14.4 Å². The summed E-state index contributed by atoms with van der Waals surface area (Å²) in [4.78, 5) is 16.1. The van der Waals surface area contributed by atoms with Crippen LogP contribution in [0.2, 0.25) is 0 Å². The van der Waals surface area contributed by atoms with Gasteiger partial charge in [0.1, 0.15) is 5.75 Å². The zero-order valence-corrected chi connectivity index (χ0v) is 13.6. The molecule has 5 nitrogen and oxygen atoms in total. The molecule has 0 saturated heterocycles. The number of rotatable bonds is 1. The molecule has 0 fully saturated rings. The van der Waals surface area contributed by atoms with E-state index in [1.54, 1.807) is 17.8 Å². The molecule has 0 saturated carbocycles. The fourth-order valence-corrected chi connectivity index (χ4v) is 4.72. The number of aromatic hydroxyl groups is 1. The summed E-state index contributed by atoms with van der Waals surface area (Å²) in [6.45, 7) is 0.859. The van der Waals surface area contributed by atoms with Crippen molar-refractivity contribution in [3.8, 4) is 17.2 Å². The molecule has 0 aliphatic carbocycles. The minimum Gasteiger partial charge on any atom is -0.507 e. The van der Waals surface area contributed by atoms with Crippen molar-refractivity contribution in [2.24, 2.45) is 0 Å². The molecule has 1 amide bonds. The van der Waals surface area contributed by atoms with Gasteiger partial charge in [0.05, 0.1) is 11.6 Å². The summed E-state index contributed by atoms with van der Waals surface area (Å²) in [6.07, 6.45) is 0.963. The van der Waals surface area contributed by atoms with E-state index < -0.39 is 5.92 Å². The van der Waals surface area contributed by atoms with Crippen molar-refractivity contribution in [3.05, 3.63) is 41.5 Å². The lowest BCUT2D eigenvalue weighted by Crippen LogP contribution is -2.30. The fraction of sp³-hybridized carbons (Fsp3) is 0.278. The zero-order chi connectivity index (χ0) is 16.3.